The topological polar surface area (TPSA) is 76.2 Å². The number of aromatic nitrogens is 2. The summed E-state index contributed by atoms with van der Waals surface area (Å²) in [6.45, 7) is 1.92. The lowest BCUT2D eigenvalue weighted by Crippen LogP contribution is -2.24. The highest BCUT2D eigenvalue weighted by Crippen LogP contribution is 2.35. The van der Waals surface area contributed by atoms with E-state index in [0.29, 0.717) is 22.0 Å². The molecule has 5 rings (SSSR count). The molecule has 1 atom stereocenters. The molecule has 2 aliphatic heterocycles. The number of ether oxygens (including phenoxy) is 1. The van der Waals surface area contributed by atoms with Crippen molar-refractivity contribution >= 4 is 45.9 Å². The Hall–Kier alpha value is -3.10. The van der Waals surface area contributed by atoms with Crippen LogP contribution in [-0.4, -0.2) is 32.9 Å². The van der Waals surface area contributed by atoms with Gasteiger partial charge in [0.1, 0.15) is 5.15 Å². The van der Waals surface area contributed by atoms with Gasteiger partial charge < -0.3 is 10.1 Å². The quantitative estimate of drug-likeness (QED) is 0.625. The Morgan fingerprint density at radius 2 is 1.83 bits per heavy atom. The van der Waals surface area contributed by atoms with E-state index in [1.54, 1.807) is 4.68 Å². The van der Waals surface area contributed by atoms with Crippen LogP contribution in [0.4, 0.5) is 5.69 Å². The van der Waals surface area contributed by atoms with E-state index in [4.69, 9.17) is 21.3 Å². The van der Waals surface area contributed by atoms with Crippen LogP contribution in [0.1, 0.15) is 23.0 Å². The van der Waals surface area contributed by atoms with Crippen LogP contribution in [0.25, 0.3) is 5.69 Å². The number of hydrogen-bond acceptors (Lipinski definition) is 7. The molecular weight excluding hydrogens is 420 g/mol. The summed E-state index contributed by atoms with van der Waals surface area (Å²) in [7, 11) is 0. The Balaban J connectivity index is 1.66. The monoisotopic (exact) mass is 436 g/mol. The first-order chi connectivity index (χ1) is 14.7. The number of nitrogens with one attached hydrogen (secondary N) is 1. The molecule has 0 saturated heterocycles. The second-order valence-electron chi connectivity index (χ2n) is 6.68. The van der Waals surface area contributed by atoms with Crippen molar-refractivity contribution in [3.8, 4) is 5.69 Å². The highest BCUT2D eigenvalue weighted by atomic mass is 35.5. The third-order valence-electron chi connectivity index (χ3n) is 4.84. The Bertz CT molecular complexity index is 1220. The van der Waals surface area contributed by atoms with Crippen LogP contribution >= 0.6 is 23.4 Å². The van der Waals surface area contributed by atoms with E-state index in [1.807, 2.05) is 67.8 Å². The lowest BCUT2D eigenvalue weighted by atomic mass is 10.1. The van der Waals surface area contributed by atoms with E-state index in [0.717, 1.165) is 28.2 Å². The molecule has 0 bridgehead atoms. The van der Waals surface area contributed by atoms with Gasteiger partial charge in [-0.3, -0.25) is 0 Å². The number of rotatable bonds is 2. The molecule has 0 radical (unpaired) electrons. The molecule has 150 valence electrons. The molecule has 1 N–H and O–H groups in total. The molecule has 0 amide bonds. The largest absolute Gasteiger partial charge is 0.411 e. The zero-order valence-corrected chi connectivity index (χ0v) is 17.8. The van der Waals surface area contributed by atoms with Crippen molar-refractivity contribution in [2.75, 3.05) is 11.6 Å². The molecule has 2 aromatic carbocycles. The lowest BCUT2D eigenvalue weighted by molar-refractivity contribution is 0.553. The SMILES string of the molecule is CSC1=NN=C2C(=N[C@H](c3c(C)nn(-c4ccccc4)c3Cl)Nc3ccccc32)O1. The van der Waals surface area contributed by atoms with E-state index < -0.39 is 6.17 Å². The number of aryl methyl sites for hydroxylation is 1. The maximum atomic E-state index is 6.80. The number of aliphatic imine (C=N–C) groups is 1. The molecule has 7 nitrogen and oxygen atoms in total. The van der Waals surface area contributed by atoms with Crippen molar-refractivity contribution < 1.29 is 4.74 Å². The number of fused-ring (bicyclic) bond motifs is 3. The van der Waals surface area contributed by atoms with Gasteiger partial charge in [-0.15, -0.1) is 10.2 Å². The molecular formula is C21H17ClN6OS. The summed E-state index contributed by atoms with van der Waals surface area (Å²) in [4.78, 5) is 4.83. The van der Waals surface area contributed by atoms with Gasteiger partial charge in [-0.25, -0.2) is 9.67 Å². The number of nitrogens with zero attached hydrogens (tertiary/aromatic N) is 5. The van der Waals surface area contributed by atoms with Crippen molar-refractivity contribution in [3.63, 3.8) is 0 Å². The van der Waals surface area contributed by atoms with Gasteiger partial charge in [0.2, 0.25) is 5.90 Å². The Morgan fingerprint density at radius 3 is 2.63 bits per heavy atom. The van der Waals surface area contributed by atoms with Crippen LogP contribution in [0.3, 0.4) is 0 Å². The summed E-state index contributed by atoms with van der Waals surface area (Å²) in [6.07, 6.45) is 1.38. The average Bonchev–Trinajstić information content (AvgIpc) is 2.98. The number of para-hydroxylation sites is 2. The molecule has 0 spiro atoms. The summed E-state index contributed by atoms with van der Waals surface area (Å²) in [6, 6.07) is 17.6. The normalized spacial score (nSPS) is 17.4. The minimum absolute atomic E-state index is 0.403. The van der Waals surface area contributed by atoms with E-state index in [-0.39, 0.29) is 0 Å². The van der Waals surface area contributed by atoms with E-state index >= 15 is 0 Å². The van der Waals surface area contributed by atoms with Crippen LogP contribution in [-0.2, 0) is 4.74 Å². The number of thioether (sulfide) groups is 1. The summed E-state index contributed by atoms with van der Waals surface area (Å²) in [5, 5.41) is 17.6. The number of halogens is 1. The first kappa shape index (κ1) is 18.9. The maximum absolute atomic E-state index is 6.80. The summed E-state index contributed by atoms with van der Waals surface area (Å²) in [5.41, 5.74) is 4.76. The molecule has 3 aromatic rings. The predicted molar refractivity (Wildman–Crippen MR) is 122 cm³/mol. The zero-order valence-electron chi connectivity index (χ0n) is 16.2. The fraction of sp³-hybridized carbons (Fsp3) is 0.143. The average molecular weight is 437 g/mol. The van der Waals surface area contributed by atoms with Gasteiger partial charge in [0.05, 0.1) is 16.9 Å². The summed E-state index contributed by atoms with van der Waals surface area (Å²) in [5.74, 6) is 0.403. The van der Waals surface area contributed by atoms with Crippen molar-refractivity contribution in [2.24, 2.45) is 15.2 Å². The van der Waals surface area contributed by atoms with Crippen molar-refractivity contribution in [2.45, 2.75) is 13.1 Å². The van der Waals surface area contributed by atoms with Crippen LogP contribution in [0, 0.1) is 6.92 Å². The molecule has 3 heterocycles. The minimum Gasteiger partial charge on any atom is -0.411 e. The van der Waals surface area contributed by atoms with Gasteiger partial charge in [-0.05, 0) is 31.4 Å². The third kappa shape index (κ3) is 3.18. The summed E-state index contributed by atoms with van der Waals surface area (Å²) >= 11 is 8.17. The standard InChI is InChI=1S/C21H17ClN6OS/c1-12-16(18(22)28(27-12)13-8-4-3-5-9-13)19-23-15-11-7-6-10-14(15)17-20(24-19)29-21(30-2)26-25-17/h3-11,19,23H,1-2H3/t19-/m1/s1. The van der Waals surface area contributed by atoms with Gasteiger partial charge in [-0.1, -0.05) is 59.8 Å². The van der Waals surface area contributed by atoms with Crippen LogP contribution < -0.4 is 5.32 Å². The molecule has 0 fully saturated rings. The molecule has 30 heavy (non-hydrogen) atoms. The fourth-order valence-electron chi connectivity index (χ4n) is 3.44. The van der Waals surface area contributed by atoms with Crippen molar-refractivity contribution in [1.29, 1.82) is 0 Å². The Kier molecular flexibility index (Phi) is 4.80. The number of benzene rings is 2. The van der Waals surface area contributed by atoms with E-state index in [9.17, 15) is 0 Å². The first-order valence-electron chi connectivity index (χ1n) is 9.27. The second-order valence-corrected chi connectivity index (χ2v) is 7.80. The first-order valence-corrected chi connectivity index (χ1v) is 10.9. The highest BCUT2D eigenvalue weighted by molar-refractivity contribution is 8.13. The minimum atomic E-state index is -0.500. The van der Waals surface area contributed by atoms with Gasteiger partial charge in [0.15, 0.2) is 11.9 Å². The molecule has 0 aliphatic carbocycles. The molecule has 1 aromatic heterocycles. The van der Waals surface area contributed by atoms with Crippen LogP contribution in [0.15, 0.2) is 69.8 Å². The van der Waals surface area contributed by atoms with Gasteiger partial charge in [0, 0.05) is 11.3 Å². The number of anilines is 1. The maximum Gasteiger partial charge on any atom is 0.276 e. The number of hydrogen-bond donors (Lipinski definition) is 1. The zero-order chi connectivity index (χ0) is 20.7. The summed E-state index contributed by atoms with van der Waals surface area (Å²) < 4.78 is 7.64. The molecule has 9 heteroatoms. The van der Waals surface area contributed by atoms with Gasteiger partial charge in [0.25, 0.3) is 5.23 Å². The lowest BCUT2D eigenvalue weighted by Gasteiger charge is -2.15. The molecule has 0 saturated carbocycles. The van der Waals surface area contributed by atoms with Gasteiger partial charge in [-0.2, -0.15) is 5.10 Å². The molecule has 0 unspecified atom stereocenters. The van der Waals surface area contributed by atoms with Gasteiger partial charge >= 0.3 is 0 Å². The van der Waals surface area contributed by atoms with Crippen molar-refractivity contribution in [1.82, 2.24) is 9.78 Å². The van der Waals surface area contributed by atoms with Crippen LogP contribution in [0.2, 0.25) is 5.15 Å². The highest BCUT2D eigenvalue weighted by Gasteiger charge is 2.31. The second kappa shape index (κ2) is 7.62. The Labute approximate surface area is 182 Å². The van der Waals surface area contributed by atoms with E-state index in [2.05, 4.69) is 20.6 Å². The molecule has 2 aliphatic rings. The Morgan fingerprint density at radius 1 is 1.07 bits per heavy atom. The predicted octanol–water partition coefficient (Wildman–Crippen LogP) is 4.81. The van der Waals surface area contributed by atoms with Crippen LogP contribution in [0.5, 0.6) is 0 Å². The smallest absolute Gasteiger partial charge is 0.276 e. The van der Waals surface area contributed by atoms with Crippen molar-refractivity contribution in [3.05, 3.63) is 76.6 Å². The fourth-order valence-corrected chi connectivity index (χ4v) is 4.10. The van der Waals surface area contributed by atoms with E-state index in [1.165, 1.54) is 11.8 Å². The third-order valence-corrected chi connectivity index (χ3v) is 5.71.